The summed E-state index contributed by atoms with van der Waals surface area (Å²) in [6, 6.07) is 21.1. The second-order valence-electron chi connectivity index (χ2n) is 12.4. The van der Waals surface area contributed by atoms with E-state index in [0.29, 0.717) is 65.5 Å². The Morgan fingerprint density at radius 1 is 1.00 bits per heavy atom. The highest BCUT2D eigenvalue weighted by Crippen LogP contribution is 2.44. The number of hydrogen-bond acceptors (Lipinski definition) is 9. The third-order valence-corrected chi connectivity index (χ3v) is 9.84. The molecule has 0 unspecified atom stereocenters. The van der Waals surface area contributed by atoms with Gasteiger partial charge in [0.1, 0.15) is 18.8 Å². The van der Waals surface area contributed by atoms with Crippen LogP contribution in [0.3, 0.4) is 0 Å². The molecule has 1 aromatic heterocycles. The minimum atomic E-state index is -0.170. The number of carbonyl (C=O) groups is 2. The van der Waals surface area contributed by atoms with E-state index in [1.807, 2.05) is 53.6 Å². The fourth-order valence-electron chi connectivity index (χ4n) is 7.06. The molecular formula is C37H32ClN7O4. The Morgan fingerprint density at radius 2 is 1.78 bits per heavy atom. The molecule has 49 heavy (non-hydrogen) atoms. The number of nitrogens with two attached hydrogens (primary N) is 1. The summed E-state index contributed by atoms with van der Waals surface area (Å²) in [6.07, 6.45) is 3.85. The van der Waals surface area contributed by atoms with Gasteiger partial charge in [-0.3, -0.25) is 14.6 Å². The van der Waals surface area contributed by atoms with Gasteiger partial charge in [-0.05, 0) is 40.6 Å². The number of hydrogen-bond donors (Lipinski definition) is 1. The number of anilines is 2. The summed E-state index contributed by atoms with van der Waals surface area (Å²) in [5, 5.41) is 1.95. The van der Waals surface area contributed by atoms with E-state index in [1.54, 1.807) is 17.0 Å². The maximum atomic E-state index is 13.7. The van der Waals surface area contributed by atoms with Gasteiger partial charge < -0.3 is 25.0 Å². The predicted molar refractivity (Wildman–Crippen MR) is 187 cm³/mol. The molecule has 5 aromatic rings. The largest absolute Gasteiger partial charge is 0.493 e. The van der Waals surface area contributed by atoms with E-state index >= 15 is 0 Å². The number of ether oxygens (including phenoxy) is 2. The van der Waals surface area contributed by atoms with Gasteiger partial charge in [-0.1, -0.05) is 48.5 Å². The number of aromatic nitrogens is 3. The molecule has 2 atom stereocenters. The normalized spacial score (nSPS) is 17.6. The lowest BCUT2D eigenvalue weighted by atomic mass is 9.94. The highest BCUT2D eigenvalue weighted by Gasteiger charge is 2.35. The quantitative estimate of drug-likeness (QED) is 0.179. The first-order valence-corrected chi connectivity index (χ1v) is 16.6. The molecule has 0 saturated heterocycles. The Bertz CT molecular complexity index is 2170. The van der Waals surface area contributed by atoms with E-state index in [2.05, 4.69) is 27.1 Å². The summed E-state index contributed by atoms with van der Waals surface area (Å²) >= 11 is 6.38. The van der Waals surface area contributed by atoms with E-state index in [1.165, 1.54) is 19.0 Å². The number of benzene rings is 4. The van der Waals surface area contributed by atoms with Crippen LogP contribution < -0.4 is 20.1 Å². The lowest BCUT2D eigenvalue weighted by Gasteiger charge is -2.34. The van der Waals surface area contributed by atoms with Crippen molar-refractivity contribution in [2.45, 2.75) is 38.0 Å². The molecule has 0 fully saturated rings. The van der Waals surface area contributed by atoms with Crippen molar-refractivity contribution in [1.29, 1.82) is 0 Å². The van der Waals surface area contributed by atoms with Gasteiger partial charge in [0.25, 0.3) is 5.91 Å². The number of carbonyl (C=O) groups excluding carboxylic acids is 2. The van der Waals surface area contributed by atoms with E-state index in [0.717, 1.165) is 27.6 Å². The van der Waals surface area contributed by atoms with Crippen molar-refractivity contribution in [2.24, 2.45) is 4.99 Å². The first-order chi connectivity index (χ1) is 23.9. The smallest absolute Gasteiger partial charge is 0.257 e. The molecular weight excluding hydrogens is 642 g/mol. The minimum Gasteiger partial charge on any atom is -0.493 e. The van der Waals surface area contributed by atoms with Crippen molar-refractivity contribution < 1.29 is 19.1 Å². The lowest BCUT2D eigenvalue weighted by molar-refractivity contribution is -0.118. The summed E-state index contributed by atoms with van der Waals surface area (Å²) in [4.78, 5) is 48.7. The minimum absolute atomic E-state index is 0.0238. The fourth-order valence-corrected chi connectivity index (χ4v) is 7.31. The molecule has 12 heteroatoms. The van der Waals surface area contributed by atoms with Gasteiger partial charge in [0, 0.05) is 53.9 Å². The number of amides is 2. The molecule has 4 heterocycles. The number of aliphatic imine (C=N–C) groups is 1. The predicted octanol–water partition coefficient (Wildman–Crippen LogP) is 5.39. The molecule has 2 amide bonds. The zero-order valence-corrected chi connectivity index (χ0v) is 27.4. The van der Waals surface area contributed by atoms with Crippen LogP contribution in [-0.2, 0) is 30.8 Å². The van der Waals surface area contributed by atoms with E-state index in [4.69, 9.17) is 31.8 Å². The van der Waals surface area contributed by atoms with Crippen molar-refractivity contribution in [3.63, 3.8) is 0 Å². The first kappa shape index (κ1) is 30.8. The van der Waals surface area contributed by atoms with Crippen LogP contribution in [0.1, 0.15) is 44.6 Å². The van der Waals surface area contributed by atoms with Crippen LogP contribution in [0, 0.1) is 0 Å². The summed E-state index contributed by atoms with van der Waals surface area (Å²) in [7, 11) is 1.52. The van der Waals surface area contributed by atoms with Gasteiger partial charge in [-0.15, -0.1) is 11.6 Å². The molecule has 2 N–H and O–H groups in total. The van der Waals surface area contributed by atoms with Gasteiger partial charge in [-0.25, -0.2) is 15.0 Å². The number of alkyl halides is 1. The standard InChI is InChI=1S/C37H32ClN7O4/c1-48-31-11-27-29(40-16-24-10-21-6-2-3-7-22(21)17-44(24)37(27)47)13-32(31)49-19-34-42-20-41-33(43-34)14-35(46)45-18-23(15-38)36-26-9-5-4-8-25(26)28(39)12-30(36)45/h2-9,11-13,16,20,23-24H,10,14-15,17-19,39H2,1H3/t23-,24+/m1/s1. The van der Waals surface area contributed by atoms with Crippen LogP contribution in [0.25, 0.3) is 10.8 Å². The molecule has 0 radical (unpaired) electrons. The van der Waals surface area contributed by atoms with Crippen molar-refractivity contribution in [3.05, 3.63) is 107 Å². The number of nitrogens with zero attached hydrogens (tertiary/aromatic N) is 6. The molecule has 8 rings (SSSR count). The monoisotopic (exact) mass is 673 g/mol. The number of fused-ring (bicyclic) bond motifs is 6. The van der Waals surface area contributed by atoms with E-state index in [9.17, 15) is 9.59 Å². The van der Waals surface area contributed by atoms with Crippen LogP contribution in [-0.4, -0.2) is 63.5 Å². The molecule has 3 aliphatic rings. The Balaban J connectivity index is 0.997. The van der Waals surface area contributed by atoms with Crippen LogP contribution >= 0.6 is 11.6 Å². The molecule has 246 valence electrons. The third-order valence-electron chi connectivity index (χ3n) is 9.47. The van der Waals surface area contributed by atoms with Gasteiger partial charge >= 0.3 is 0 Å². The highest BCUT2D eigenvalue weighted by molar-refractivity contribution is 6.19. The Hall–Kier alpha value is -5.55. The summed E-state index contributed by atoms with van der Waals surface area (Å²) in [6.45, 7) is 0.934. The maximum Gasteiger partial charge on any atom is 0.257 e. The van der Waals surface area contributed by atoms with Crippen LogP contribution in [0.15, 0.2) is 78.0 Å². The number of methoxy groups -OCH3 is 1. The van der Waals surface area contributed by atoms with Gasteiger partial charge in [-0.2, -0.15) is 0 Å². The zero-order chi connectivity index (χ0) is 33.6. The van der Waals surface area contributed by atoms with Crippen LogP contribution in [0.5, 0.6) is 11.5 Å². The lowest BCUT2D eigenvalue weighted by Crippen LogP contribution is -2.44. The zero-order valence-electron chi connectivity index (χ0n) is 26.7. The van der Waals surface area contributed by atoms with Crippen molar-refractivity contribution in [2.75, 3.05) is 30.2 Å². The van der Waals surface area contributed by atoms with Crippen LogP contribution in [0.4, 0.5) is 17.1 Å². The Labute approximate surface area is 287 Å². The average molecular weight is 674 g/mol. The maximum absolute atomic E-state index is 13.7. The molecule has 3 aliphatic heterocycles. The number of rotatable bonds is 7. The topological polar surface area (TPSA) is 136 Å². The average Bonchev–Trinajstić information content (AvgIpc) is 3.45. The molecule has 0 saturated carbocycles. The molecule has 4 aromatic carbocycles. The molecule has 0 bridgehead atoms. The molecule has 0 spiro atoms. The molecule has 11 nitrogen and oxygen atoms in total. The summed E-state index contributed by atoms with van der Waals surface area (Å²) in [5.41, 5.74) is 12.1. The second kappa shape index (κ2) is 12.5. The van der Waals surface area contributed by atoms with Crippen molar-refractivity contribution in [1.82, 2.24) is 19.9 Å². The highest BCUT2D eigenvalue weighted by atomic mass is 35.5. The van der Waals surface area contributed by atoms with Gasteiger partial charge in [0.15, 0.2) is 17.3 Å². The van der Waals surface area contributed by atoms with Crippen molar-refractivity contribution >= 4 is 57.5 Å². The van der Waals surface area contributed by atoms with E-state index in [-0.39, 0.29) is 36.8 Å². The summed E-state index contributed by atoms with van der Waals surface area (Å²) < 4.78 is 11.7. The second-order valence-corrected chi connectivity index (χ2v) is 12.7. The fraction of sp³-hybridized carbons (Fsp3) is 0.243. The van der Waals surface area contributed by atoms with Crippen molar-refractivity contribution in [3.8, 4) is 11.5 Å². The Morgan fingerprint density at radius 3 is 2.59 bits per heavy atom. The first-order valence-electron chi connectivity index (χ1n) is 16.0. The summed E-state index contributed by atoms with van der Waals surface area (Å²) in [5.74, 6) is 1.48. The van der Waals surface area contributed by atoms with Crippen LogP contribution in [0.2, 0.25) is 0 Å². The SMILES string of the molecule is COc1cc2c(cc1OCc1ncnc(CC(=O)N3C[C@@H](CCl)c4c3cc(N)c3ccccc43)n1)N=C[C@@H]1Cc3ccccc3CN1C2=O. The third kappa shape index (κ3) is 5.49. The van der Waals surface area contributed by atoms with E-state index < -0.39 is 0 Å². The van der Waals surface area contributed by atoms with Gasteiger partial charge in [0.2, 0.25) is 5.91 Å². The Kier molecular flexibility index (Phi) is 7.83. The number of halogens is 1. The number of nitrogen functional groups attached to an aromatic ring is 1. The molecule has 0 aliphatic carbocycles. The van der Waals surface area contributed by atoms with Gasteiger partial charge in [0.05, 0.1) is 30.8 Å².